The largest absolute Gasteiger partial charge is 0.466 e. The smallest absolute Gasteiger partial charge is 0.170 e. The third-order valence-electron chi connectivity index (χ3n) is 5.20. The molecule has 3 rings (SSSR count). The summed E-state index contributed by atoms with van der Waals surface area (Å²) in [4.78, 5) is 12.7. The molecule has 0 saturated carbocycles. The second-order valence-electron chi connectivity index (χ2n) is 7.24. The molecule has 0 spiro atoms. The molecule has 0 saturated heterocycles. The number of ketones is 1. The molecule has 142 valence electrons. The average Bonchev–Trinajstić information content (AvgIpc) is 3.32. The summed E-state index contributed by atoms with van der Waals surface area (Å²) >= 11 is 0. The van der Waals surface area contributed by atoms with Gasteiger partial charge in [0, 0.05) is 26.4 Å². The summed E-state index contributed by atoms with van der Waals surface area (Å²) in [5.74, 6) is 2.58. The Kier molecular flexibility index (Phi) is 6.46. The number of rotatable bonds is 9. The molecule has 27 heavy (non-hydrogen) atoms. The molecule has 1 aliphatic rings. The van der Waals surface area contributed by atoms with Gasteiger partial charge in [0.25, 0.3) is 0 Å². The zero-order chi connectivity index (χ0) is 19.2. The third-order valence-corrected chi connectivity index (χ3v) is 5.20. The summed E-state index contributed by atoms with van der Waals surface area (Å²) in [6.07, 6.45) is 6.88. The molecule has 0 amide bonds. The summed E-state index contributed by atoms with van der Waals surface area (Å²) in [5, 5.41) is 0. The summed E-state index contributed by atoms with van der Waals surface area (Å²) in [6, 6.07) is 13.8. The summed E-state index contributed by atoms with van der Waals surface area (Å²) in [7, 11) is 1.60. The highest BCUT2D eigenvalue weighted by Crippen LogP contribution is 2.31. The molecule has 1 aromatic carbocycles. The van der Waals surface area contributed by atoms with E-state index in [1.54, 1.807) is 7.11 Å². The van der Waals surface area contributed by atoms with E-state index in [9.17, 15) is 4.79 Å². The molecule has 1 heterocycles. The van der Waals surface area contributed by atoms with Crippen molar-refractivity contribution in [2.45, 2.75) is 45.6 Å². The lowest BCUT2D eigenvalue weighted by Gasteiger charge is -2.16. The number of allylic oxidation sites excluding steroid dienone is 4. The molecule has 2 aromatic rings. The van der Waals surface area contributed by atoms with Gasteiger partial charge in [-0.05, 0) is 30.0 Å². The fourth-order valence-corrected chi connectivity index (χ4v) is 3.62. The van der Waals surface area contributed by atoms with E-state index in [4.69, 9.17) is 9.15 Å². The van der Waals surface area contributed by atoms with Crippen molar-refractivity contribution in [3.63, 3.8) is 0 Å². The average molecular weight is 364 g/mol. The first-order chi connectivity index (χ1) is 13.1. The van der Waals surface area contributed by atoms with Crippen molar-refractivity contribution in [2.75, 3.05) is 7.11 Å². The lowest BCUT2D eigenvalue weighted by atomic mass is 9.92. The Morgan fingerprint density at radius 2 is 1.85 bits per heavy atom. The Morgan fingerprint density at radius 3 is 2.52 bits per heavy atom. The Balaban J connectivity index is 1.54. The number of methoxy groups -OCH3 is 1. The molecule has 0 radical (unpaired) electrons. The van der Waals surface area contributed by atoms with E-state index in [1.165, 1.54) is 5.57 Å². The van der Waals surface area contributed by atoms with Gasteiger partial charge in [-0.15, -0.1) is 0 Å². The van der Waals surface area contributed by atoms with Gasteiger partial charge in [-0.1, -0.05) is 67.5 Å². The van der Waals surface area contributed by atoms with E-state index in [0.717, 1.165) is 41.9 Å². The van der Waals surface area contributed by atoms with Crippen molar-refractivity contribution in [1.82, 2.24) is 0 Å². The van der Waals surface area contributed by atoms with Gasteiger partial charge in [-0.2, -0.15) is 0 Å². The maximum Gasteiger partial charge on any atom is 0.170 e. The van der Waals surface area contributed by atoms with Gasteiger partial charge < -0.3 is 9.15 Å². The fraction of sp³-hybridized carbons (Fsp3) is 0.375. The van der Waals surface area contributed by atoms with Crippen LogP contribution in [0.5, 0.6) is 0 Å². The Morgan fingerprint density at radius 1 is 1.11 bits per heavy atom. The normalized spacial score (nSPS) is 16.0. The number of carbonyl (C=O) groups is 1. The van der Waals surface area contributed by atoms with Crippen molar-refractivity contribution in [3.8, 4) is 0 Å². The van der Waals surface area contributed by atoms with Crippen LogP contribution in [-0.2, 0) is 22.4 Å². The predicted molar refractivity (Wildman–Crippen MR) is 108 cm³/mol. The Labute approximate surface area is 161 Å². The molecule has 0 N–H and O–H groups in total. The van der Waals surface area contributed by atoms with Crippen molar-refractivity contribution in [1.29, 1.82) is 0 Å². The van der Waals surface area contributed by atoms with E-state index < -0.39 is 6.10 Å². The number of aryl methyl sites for hydroxylation is 1. The maximum atomic E-state index is 12.7. The highest BCUT2D eigenvalue weighted by molar-refractivity contribution is 5.86. The molecule has 2 unspecified atom stereocenters. The van der Waals surface area contributed by atoms with Gasteiger partial charge in [0.15, 0.2) is 5.78 Å². The standard InChI is InChI=1S/C24H28O3/c1-4-21-12-13-22(27-21)14-17(2)20-11-10-18(15-20)16-23(25)24(26-3)19-8-6-5-7-9-19/h5-13,17,24H,4,14-16H2,1-3H3. The van der Waals surface area contributed by atoms with Crippen LogP contribution >= 0.6 is 0 Å². The van der Waals surface area contributed by atoms with Crippen LogP contribution in [0.3, 0.4) is 0 Å². The monoisotopic (exact) mass is 364 g/mol. The number of Topliss-reactive ketones (excluding diaryl/α,β-unsaturated/α-hetero) is 1. The van der Waals surface area contributed by atoms with Gasteiger partial charge in [-0.25, -0.2) is 0 Å². The SMILES string of the molecule is CCc1ccc(CC(C)C2=CC=C(CC(=O)C(OC)c3ccccc3)C2)o1. The van der Waals surface area contributed by atoms with Gasteiger partial charge in [0.05, 0.1) is 0 Å². The van der Waals surface area contributed by atoms with Crippen LogP contribution in [0.15, 0.2) is 70.2 Å². The van der Waals surface area contributed by atoms with Crippen LogP contribution in [-0.4, -0.2) is 12.9 Å². The van der Waals surface area contributed by atoms with Crippen LogP contribution < -0.4 is 0 Å². The fourth-order valence-electron chi connectivity index (χ4n) is 3.62. The molecule has 0 aliphatic heterocycles. The highest BCUT2D eigenvalue weighted by Gasteiger charge is 2.23. The molecular weight excluding hydrogens is 336 g/mol. The zero-order valence-electron chi connectivity index (χ0n) is 16.4. The van der Waals surface area contributed by atoms with Crippen LogP contribution in [0.4, 0.5) is 0 Å². The Bertz CT molecular complexity index is 826. The minimum Gasteiger partial charge on any atom is -0.466 e. The number of hydrogen-bond acceptors (Lipinski definition) is 3. The third kappa shape index (κ3) is 4.86. The number of benzene rings is 1. The highest BCUT2D eigenvalue weighted by atomic mass is 16.5. The maximum absolute atomic E-state index is 12.7. The van der Waals surface area contributed by atoms with Crippen LogP contribution in [0.25, 0.3) is 0 Å². The minimum absolute atomic E-state index is 0.107. The number of carbonyl (C=O) groups excluding carboxylic acids is 1. The first-order valence-corrected chi connectivity index (χ1v) is 9.67. The lowest BCUT2D eigenvalue weighted by molar-refractivity contribution is -0.128. The summed E-state index contributed by atoms with van der Waals surface area (Å²) < 4.78 is 11.3. The van der Waals surface area contributed by atoms with Gasteiger partial charge >= 0.3 is 0 Å². The topological polar surface area (TPSA) is 39.4 Å². The number of ether oxygens (including phenoxy) is 1. The summed E-state index contributed by atoms with van der Waals surface area (Å²) in [6.45, 7) is 4.32. The van der Waals surface area contributed by atoms with Gasteiger partial charge in [0.2, 0.25) is 0 Å². The molecule has 3 nitrogen and oxygen atoms in total. The van der Waals surface area contributed by atoms with E-state index in [-0.39, 0.29) is 5.78 Å². The van der Waals surface area contributed by atoms with Gasteiger partial charge in [-0.3, -0.25) is 4.79 Å². The molecule has 0 bridgehead atoms. The molecule has 1 aliphatic carbocycles. The summed E-state index contributed by atoms with van der Waals surface area (Å²) in [5.41, 5.74) is 3.43. The second-order valence-corrected chi connectivity index (χ2v) is 7.24. The van der Waals surface area contributed by atoms with Crippen LogP contribution in [0, 0.1) is 5.92 Å². The first kappa shape index (κ1) is 19.4. The lowest BCUT2D eigenvalue weighted by Crippen LogP contribution is -2.15. The van der Waals surface area contributed by atoms with Gasteiger partial charge in [0.1, 0.15) is 17.6 Å². The second kappa shape index (κ2) is 9.01. The first-order valence-electron chi connectivity index (χ1n) is 9.67. The Hall–Kier alpha value is -2.39. The van der Waals surface area contributed by atoms with Crippen molar-refractivity contribution in [3.05, 3.63) is 82.8 Å². The zero-order valence-corrected chi connectivity index (χ0v) is 16.4. The molecule has 0 fully saturated rings. The van der Waals surface area contributed by atoms with Crippen molar-refractivity contribution in [2.24, 2.45) is 5.92 Å². The van der Waals surface area contributed by atoms with E-state index >= 15 is 0 Å². The van der Waals surface area contributed by atoms with Crippen molar-refractivity contribution >= 4 is 5.78 Å². The molecule has 3 heteroatoms. The predicted octanol–water partition coefficient (Wildman–Crippen LogP) is 5.62. The van der Waals surface area contributed by atoms with Crippen molar-refractivity contribution < 1.29 is 13.9 Å². The number of furan rings is 1. The van der Waals surface area contributed by atoms with Crippen LogP contribution in [0.2, 0.25) is 0 Å². The molecule has 1 aromatic heterocycles. The van der Waals surface area contributed by atoms with E-state index in [2.05, 4.69) is 38.1 Å². The molecular formula is C24H28O3. The van der Waals surface area contributed by atoms with E-state index in [1.807, 2.05) is 30.3 Å². The molecule has 2 atom stereocenters. The number of hydrogen-bond donors (Lipinski definition) is 0. The quantitative estimate of drug-likeness (QED) is 0.579. The minimum atomic E-state index is -0.496. The van der Waals surface area contributed by atoms with E-state index in [0.29, 0.717) is 12.3 Å². The van der Waals surface area contributed by atoms with Crippen LogP contribution in [0.1, 0.15) is 49.9 Å².